The summed E-state index contributed by atoms with van der Waals surface area (Å²) >= 11 is 0. The third-order valence-electron chi connectivity index (χ3n) is 5.31. The molecule has 2 aliphatic rings. The smallest absolute Gasteiger partial charge is 0.151 e. The van der Waals surface area contributed by atoms with Crippen LogP contribution < -0.4 is 16.0 Å². The molecule has 5 N–H and O–H groups in total. The van der Waals surface area contributed by atoms with E-state index in [1.807, 2.05) is 45.9 Å². The lowest BCUT2D eigenvalue weighted by molar-refractivity contribution is 0.477. The maximum atomic E-state index is 10.3. The zero-order valence-corrected chi connectivity index (χ0v) is 18.4. The first-order valence-electron chi connectivity index (χ1n) is 10.7. The van der Waals surface area contributed by atoms with E-state index in [2.05, 4.69) is 20.4 Å². The summed E-state index contributed by atoms with van der Waals surface area (Å²) < 4.78 is 0. The first-order valence-corrected chi connectivity index (χ1v) is 10.7. The lowest BCUT2D eigenvalue weighted by atomic mass is 10.0. The number of hydrogen-bond acceptors (Lipinski definition) is 7. The summed E-state index contributed by atoms with van der Waals surface area (Å²) in [7, 11) is 0. The maximum Gasteiger partial charge on any atom is 0.151 e. The number of fused-ring (bicyclic) bond motifs is 1. The number of allylic oxidation sites excluding steroid dienone is 1. The first kappa shape index (κ1) is 23.3. The number of aromatic hydroxyl groups is 1. The monoisotopic (exact) mass is 410 g/mol. The molecule has 0 aliphatic carbocycles. The van der Waals surface area contributed by atoms with Crippen LogP contribution in [-0.2, 0) is 0 Å². The van der Waals surface area contributed by atoms with Gasteiger partial charge in [0.2, 0.25) is 0 Å². The average molecular weight is 411 g/mol. The summed E-state index contributed by atoms with van der Waals surface area (Å²) in [5, 5.41) is 29.8. The van der Waals surface area contributed by atoms with Gasteiger partial charge in [-0.05, 0) is 41.7 Å². The fourth-order valence-corrected chi connectivity index (χ4v) is 3.84. The van der Waals surface area contributed by atoms with Crippen molar-refractivity contribution in [1.29, 1.82) is 5.41 Å². The minimum absolute atomic E-state index is 0.0903. The average Bonchev–Trinajstić information content (AvgIpc) is 3.40. The van der Waals surface area contributed by atoms with Crippen molar-refractivity contribution in [2.75, 3.05) is 31.1 Å². The molecule has 1 aromatic carbocycles. The second kappa shape index (κ2) is 11.3. The van der Waals surface area contributed by atoms with Crippen molar-refractivity contribution in [1.82, 2.24) is 15.5 Å². The van der Waals surface area contributed by atoms with Gasteiger partial charge < -0.3 is 26.5 Å². The number of nitrogens with zero attached hydrogens (tertiary/aromatic N) is 3. The Morgan fingerprint density at radius 1 is 1.10 bits per heavy atom. The SMILES string of the molecule is CC.CC.N=C/C(=C\N)c1ccc(-c2ccc(N3CC4CNCC4C3)nn2)c(O)c1. The molecular weight excluding hydrogens is 376 g/mol. The Labute approximate surface area is 179 Å². The number of benzene rings is 1. The summed E-state index contributed by atoms with van der Waals surface area (Å²) in [5.41, 5.74) is 7.95. The molecule has 30 heavy (non-hydrogen) atoms. The molecule has 2 atom stereocenters. The Kier molecular flexibility index (Phi) is 8.80. The first-order chi connectivity index (χ1) is 14.7. The number of anilines is 1. The minimum Gasteiger partial charge on any atom is -0.507 e. The van der Waals surface area contributed by atoms with Gasteiger partial charge in [-0.1, -0.05) is 33.8 Å². The van der Waals surface area contributed by atoms with Gasteiger partial charge in [-0.3, -0.25) is 0 Å². The summed E-state index contributed by atoms with van der Waals surface area (Å²) in [6, 6.07) is 9.02. The van der Waals surface area contributed by atoms with Crippen LogP contribution >= 0.6 is 0 Å². The number of nitrogens with two attached hydrogens (primary N) is 1. The van der Waals surface area contributed by atoms with Gasteiger partial charge >= 0.3 is 0 Å². The molecule has 1 aromatic heterocycles. The molecule has 3 heterocycles. The number of phenolic OH excluding ortho intramolecular Hbond substituents is 1. The van der Waals surface area contributed by atoms with Gasteiger partial charge in [0, 0.05) is 49.7 Å². The van der Waals surface area contributed by atoms with Crippen LogP contribution in [0.4, 0.5) is 5.82 Å². The topological polar surface area (TPSA) is 111 Å². The molecule has 162 valence electrons. The number of hydrogen-bond donors (Lipinski definition) is 4. The molecule has 0 saturated carbocycles. The highest BCUT2D eigenvalue weighted by Crippen LogP contribution is 2.32. The Bertz CT molecular complexity index is 837. The Balaban J connectivity index is 0.000000757. The molecule has 7 nitrogen and oxygen atoms in total. The predicted molar refractivity (Wildman–Crippen MR) is 125 cm³/mol. The summed E-state index contributed by atoms with van der Waals surface area (Å²) in [6.45, 7) is 12.2. The number of aromatic nitrogens is 2. The van der Waals surface area contributed by atoms with E-state index in [-0.39, 0.29) is 5.75 Å². The molecule has 2 aromatic rings. The summed E-state index contributed by atoms with van der Waals surface area (Å²) in [6.07, 6.45) is 2.50. The lowest BCUT2D eigenvalue weighted by Crippen LogP contribution is -2.26. The van der Waals surface area contributed by atoms with Gasteiger partial charge in [0.05, 0.1) is 5.69 Å². The Hall–Kier alpha value is -2.93. The van der Waals surface area contributed by atoms with Crippen molar-refractivity contribution in [3.8, 4) is 17.0 Å². The zero-order valence-electron chi connectivity index (χ0n) is 18.4. The highest BCUT2D eigenvalue weighted by atomic mass is 16.3. The van der Waals surface area contributed by atoms with E-state index in [4.69, 9.17) is 11.1 Å². The maximum absolute atomic E-state index is 10.3. The van der Waals surface area contributed by atoms with Crippen molar-refractivity contribution in [3.63, 3.8) is 0 Å². The van der Waals surface area contributed by atoms with Gasteiger partial charge in [0.25, 0.3) is 0 Å². The van der Waals surface area contributed by atoms with E-state index in [9.17, 15) is 5.11 Å². The third kappa shape index (κ3) is 4.97. The fraction of sp³-hybridized carbons (Fsp3) is 0.435. The van der Waals surface area contributed by atoms with Gasteiger partial charge in [0.15, 0.2) is 5.82 Å². The van der Waals surface area contributed by atoms with Crippen molar-refractivity contribution in [2.45, 2.75) is 27.7 Å². The van der Waals surface area contributed by atoms with Crippen LogP contribution in [0.2, 0.25) is 0 Å². The van der Waals surface area contributed by atoms with E-state index in [0.29, 0.717) is 34.2 Å². The third-order valence-corrected chi connectivity index (χ3v) is 5.31. The van der Waals surface area contributed by atoms with Crippen LogP contribution in [0.5, 0.6) is 5.75 Å². The highest BCUT2D eigenvalue weighted by Gasteiger charge is 2.36. The number of phenols is 1. The van der Waals surface area contributed by atoms with Gasteiger partial charge in [-0.15, -0.1) is 10.2 Å². The van der Waals surface area contributed by atoms with Gasteiger partial charge in [-0.25, -0.2) is 0 Å². The molecule has 2 unspecified atom stereocenters. The van der Waals surface area contributed by atoms with E-state index in [1.54, 1.807) is 12.1 Å². The molecule has 7 heteroatoms. The van der Waals surface area contributed by atoms with Crippen LogP contribution in [0.1, 0.15) is 33.3 Å². The van der Waals surface area contributed by atoms with Crippen molar-refractivity contribution < 1.29 is 5.11 Å². The van der Waals surface area contributed by atoms with E-state index < -0.39 is 0 Å². The molecule has 0 radical (unpaired) electrons. The van der Waals surface area contributed by atoms with Crippen LogP contribution in [-0.4, -0.2) is 47.7 Å². The molecule has 4 rings (SSSR count). The van der Waals surface area contributed by atoms with Crippen LogP contribution in [0.15, 0.2) is 36.5 Å². The van der Waals surface area contributed by atoms with E-state index in [1.165, 1.54) is 6.20 Å². The normalized spacial score (nSPS) is 19.9. The number of rotatable bonds is 4. The van der Waals surface area contributed by atoms with Crippen LogP contribution in [0.3, 0.4) is 0 Å². The quantitative estimate of drug-likeness (QED) is 0.574. The van der Waals surface area contributed by atoms with Crippen molar-refractivity contribution in [3.05, 3.63) is 42.1 Å². The zero-order chi connectivity index (χ0) is 22.1. The summed E-state index contributed by atoms with van der Waals surface area (Å²) in [5.74, 6) is 2.38. The van der Waals surface area contributed by atoms with E-state index in [0.717, 1.165) is 38.2 Å². The Morgan fingerprint density at radius 3 is 2.27 bits per heavy atom. The highest BCUT2D eigenvalue weighted by molar-refractivity contribution is 6.08. The molecule has 0 amide bonds. The standard InChI is InChI=1S/C19H22N6O.2C2H6/c20-6-13(7-21)12-1-2-16(18(26)5-12)17-3-4-19(24-23-17)25-10-14-8-22-9-15(14)11-25;2*1-2/h1-7,14-15,20,22,26H,8-11,21H2;2*1-2H3/b13-7+,20-6?;;. The van der Waals surface area contributed by atoms with Gasteiger partial charge in [0.1, 0.15) is 5.75 Å². The molecule has 0 bridgehead atoms. The fourth-order valence-electron chi connectivity index (χ4n) is 3.84. The molecule has 2 aliphatic heterocycles. The van der Waals surface area contributed by atoms with Crippen molar-refractivity contribution >= 4 is 17.6 Å². The summed E-state index contributed by atoms with van der Waals surface area (Å²) in [4.78, 5) is 2.29. The molecular formula is C23H34N6O. The minimum atomic E-state index is 0.0903. The second-order valence-corrected chi connectivity index (χ2v) is 6.86. The van der Waals surface area contributed by atoms with Crippen LogP contribution in [0, 0.1) is 17.2 Å². The van der Waals surface area contributed by atoms with Crippen molar-refractivity contribution in [2.24, 2.45) is 17.6 Å². The second-order valence-electron chi connectivity index (χ2n) is 6.86. The molecule has 2 saturated heterocycles. The van der Waals surface area contributed by atoms with Crippen LogP contribution in [0.25, 0.3) is 16.8 Å². The molecule has 0 spiro atoms. The number of nitrogens with one attached hydrogen (secondary N) is 2. The van der Waals surface area contributed by atoms with Gasteiger partial charge in [-0.2, -0.15) is 0 Å². The van der Waals surface area contributed by atoms with E-state index >= 15 is 0 Å². The predicted octanol–water partition coefficient (Wildman–Crippen LogP) is 3.51. The molecule has 2 fully saturated rings. The largest absolute Gasteiger partial charge is 0.507 e. The Morgan fingerprint density at radius 2 is 1.77 bits per heavy atom. The lowest BCUT2D eigenvalue weighted by Gasteiger charge is -2.18.